The Hall–Kier alpha value is -1.08. The number of hydrogen-bond acceptors (Lipinski definition) is 3. The zero-order valence-electron chi connectivity index (χ0n) is 14.2. The Kier molecular flexibility index (Phi) is 3.88. The van der Waals surface area contributed by atoms with E-state index in [1.165, 1.54) is 38.5 Å². The molecular weight excluding hydrogens is 288 g/mol. The molecule has 2 atom stereocenters. The first-order valence-corrected chi connectivity index (χ1v) is 9.41. The van der Waals surface area contributed by atoms with Crippen LogP contribution in [0, 0.1) is 35.0 Å². The van der Waals surface area contributed by atoms with Crippen molar-refractivity contribution in [2.75, 3.05) is 13.2 Å². The SMILES string of the molecule is C[C@H]1OCC[C@@H]1C(=O)N(CCC#N)C12CC3CC(CC(C3)C1)C2. The number of carbonyl (C=O) groups is 1. The van der Waals surface area contributed by atoms with Crippen LogP contribution >= 0.6 is 0 Å². The molecule has 1 saturated heterocycles. The second kappa shape index (κ2) is 5.77. The van der Waals surface area contributed by atoms with Crippen LogP contribution in [-0.2, 0) is 9.53 Å². The molecule has 4 heteroatoms. The molecule has 4 aliphatic carbocycles. The predicted molar refractivity (Wildman–Crippen MR) is 86.4 cm³/mol. The van der Waals surface area contributed by atoms with E-state index < -0.39 is 0 Å². The first-order valence-electron chi connectivity index (χ1n) is 9.41. The van der Waals surface area contributed by atoms with Gasteiger partial charge in [0.05, 0.1) is 24.5 Å². The molecule has 0 radical (unpaired) electrons. The monoisotopic (exact) mass is 316 g/mol. The highest BCUT2D eigenvalue weighted by atomic mass is 16.5. The Morgan fingerprint density at radius 1 is 1.22 bits per heavy atom. The van der Waals surface area contributed by atoms with Crippen molar-refractivity contribution in [1.82, 2.24) is 4.90 Å². The van der Waals surface area contributed by atoms with Gasteiger partial charge in [-0.25, -0.2) is 0 Å². The van der Waals surface area contributed by atoms with Gasteiger partial charge in [-0.2, -0.15) is 5.26 Å². The highest BCUT2D eigenvalue weighted by molar-refractivity contribution is 5.80. The maximum Gasteiger partial charge on any atom is 0.228 e. The topological polar surface area (TPSA) is 53.3 Å². The minimum Gasteiger partial charge on any atom is -0.378 e. The van der Waals surface area contributed by atoms with E-state index in [2.05, 4.69) is 11.0 Å². The van der Waals surface area contributed by atoms with Crippen molar-refractivity contribution in [3.63, 3.8) is 0 Å². The van der Waals surface area contributed by atoms with Crippen molar-refractivity contribution in [3.8, 4) is 6.07 Å². The van der Waals surface area contributed by atoms with Crippen molar-refractivity contribution in [3.05, 3.63) is 0 Å². The van der Waals surface area contributed by atoms with E-state index >= 15 is 0 Å². The van der Waals surface area contributed by atoms with Crippen LogP contribution in [-0.4, -0.2) is 35.6 Å². The van der Waals surface area contributed by atoms with E-state index in [0.29, 0.717) is 19.6 Å². The summed E-state index contributed by atoms with van der Waals surface area (Å²) in [7, 11) is 0. The number of ether oxygens (including phenoxy) is 1. The van der Waals surface area contributed by atoms with Gasteiger partial charge >= 0.3 is 0 Å². The summed E-state index contributed by atoms with van der Waals surface area (Å²) in [5, 5.41) is 9.08. The summed E-state index contributed by atoms with van der Waals surface area (Å²) >= 11 is 0. The van der Waals surface area contributed by atoms with Crippen LogP contribution in [0.15, 0.2) is 0 Å². The van der Waals surface area contributed by atoms with Crippen LogP contribution < -0.4 is 0 Å². The number of rotatable bonds is 4. The largest absolute Gasteiger partial charge is 0.378 e. The van der Waals surface area contributed by atoms with Gasteiger partial charge in [0.25, 0.3) is 0 Å². The number of carbonyl (C=O) groups excluding carboxylic acids is 1. The summed E-state index contributed by atoms with van der Waals surface area (Å²) in [6.45, 7) is 3.34. The summed E-state index contributed by atoms with van der Waals surface area (Å²) < 4.78 is 5.65. The zero-order chi connectivity index (χ0) is 16.0. The number of nitriles is 1. The average Bonchev–Trinajstić information content (AvgIpc) is 2.92. The van der Waals surface area contributed by atoms with Crippen LogP contribution in [0.5, 0.6) is 0 Å². The van der Waals surface area contributed by atoms with Crippen LogP contribution in [0.25, 0.3) is 0 Å². The van der Waals surface area contributed by atoms with Crippen molar-refractivity contribution in [1.29, 1.82) is 5.26 Å². The molecule has 0 unspecified atom stereocenters. The maximum absolute atomic E-state index is 13.3. The predicted octanol–water partition coefficient (Wildman–Crippen LogP) is 3.12. The molecule has 0 aromatic heterocycles. The smallest absolute Gasteiger partial charge is 0.228 e. The Balaban J connectivity index is 1.60. The Labute approximate surface area is 139 Å². The zero-order valence-corrected chi connectivity index (χ0v) is 14.2. The highest BCUT2D eigenvalue weighted by Gasteiger charge is 2.55. The molecule has 0 spiro atoms. The molecule has 4 bridgehead atoms. The normalized spacial score (nSPS) is 44.3. The lowest BCUT2D eigenvalue weighted by Gasteiger charge is -2.60. The first-order chi connectivity index (χ1) is 11.1. The van der Waals surface area contributed by atoms with Crippen molar-refractivity contribution in [2.45, 2.75) is 69.9 Å². The Morgan fingerprint density at radius 3 is 2.30 bits per heavy atom. The van der Waals surface area contributed by atoms with Crippen LogP contribution in [0.2, 0.25) is 0 Å². The standard InChI is InChI=1S/C19H28N2O2/c1-13-17(3-6-23-13)18(22)21(5-2-4-20)19-10-14-7-15(11-19)9-16(8-14)12-19/h13-17H,2-3,5-12H2,1H3/t13-,14?,15?,16?,17+,19?/m1/s1. The lowest BCUT2D eigenvalue weighted by atomic mass is 9.52. The third-order valence-corrected chi connectivity index (χ3v) is 6.99. The summed E-state index contributed by atoms with van der Waals surface area (Å²) in [6, 6.07) is 2.26. The third-order valence-electron chi connectivity index (χ3n) is 6.99. The number of hydrogen-bond donors (Lipinski definition) is 0. The van der Waals surface area contributed by atoms with Gasteiger partial charge in [0.15, 0.2) is 0 Å². The molecule has 0 aromatic rings. The van der Waals surface area contributed by atoms with Crippen LogP contribution in [0.1, 0.15) is 58.3 Å². The fourth-order valence-electron chi connectivity index (χ4n) is 6.39. The Bertz CT molecular complexity index is 489. The van der Waals surface area contributed by atoms with Gasteiger partial charge in [-0.3, -0.25) is 4.79 Å². The van der Waals surface area contributed by atoms with Gasteiger partial charge in [0.1, 0.15) is 0 Å². The summed E-state index contributed by atoms with van der Waals surface area (Å²) in [5.74, 6) is 2.72. The molecule has 1 heterocycles. The highest BCUT2D eigenvalue weighted by Crippen LogP contribution is 2.58. The van der Waals surface area contributed by atoms with Gasteiger partial charge in [0.2, 0.25) is 5.91 Å². The molecule has 5 fully saturated rings. The van der Waals surface area contributed by atoms with E-state index in [1.54, 1.807) is 0 Å². The second-order valence-corrected chi connectivity index (χ2v) is 8.51. The van der Waals surface area contributed by atoms with Gasteiger partial charge in [0, 0.05) is 18.7 Å². The molecule has 23 heavy (non-hydrogen) atoms. The molecule has 0 aromatic carbocycles. The van der Waals surface area contributed by atoms with Crippen molar-refractivity contribution < 1.29 is 9.53 Å². The summed E-state index contributed by atoms with van der Waals surface area (Å²) in [4.78, 5) is 15.5. The van der Waals surface area contributed by atoms with E-state index in [1.807, 2.05) is 6.92 Å². The van der Waals surface area contributed by atoms with Gasteiger partial charge in [-0.15, -0.1) is 0 Å². The fourth-order valence-corrected chi connectivity index (χ4v) is 6.39. The average molecular weight is 316 g/mol. The quantitative estimate of drug-likeness (QED) is 0.800. The molecule has 5 aliphatic rings. The molecule has 0 N–H and O–H groups in total. The summed E-state index contributed by atoms with van der Waals surface area (Å²) in [5.41, 5.74) is 0.0605. The first kappa shape index (κ1) is 15.4. The Morgan fingerprint density at radius 2 is 1.83 bits per heavy atom. The van der Waals surface area contributed by atoms with Gasteiger partial charge in [-0.1, -0.05) is 0 Å². The lowest BCUT2D eigenvalue weighted by molar-refractivity contribution is -0.156. The van der Waals surface area contributed by atoms with E-state index in [4.69, 9.17) is 10.00 Å². The molecule has 4 saturated carbocycles. The van der Waals surface area contributed by atoms with E-state index in [-0.39, 0.29) is 23.5 Å². The molecule has 1 aliphatic heterocycles. The third kappa shape index (κ3) is 2.58. The second-order valence-electron chi connectivity index (χ2n) is 8.51. The molecular formula is C19H28N2O2. The maximum atomic E-state index is 13.3. The summed E-state index contributed by atoms with van der Waals surface area (Å²) in [6.07, 6.45) is 8.99. The molecule has 4 nitrogen and oxygen atoms in total. The van der Waals surface area contributed by atoms with E-state index in [0.717, 1.165) is 24.2 Å². The molecule has 1 amide bonds. The fraction of sp³-hybridized carbons (Fsp3) is 0.895. The van der Waals surface area contributed by atoms with Crippen molar-refractivity contribution in [2.24, 2.45) is 23.7 Å². The van der Waals surface area contributed by atoms with Crippen LogP contribution in [0.3, 0.4) is 0 Å². The van der Waals surface area contributed by atoms with E-state index in [9.17, 15) is 4.79 Å². The minimum atomic E-state index is 0.00157. The molecule has 126 valence electrons. The molecule has 5 rings (SSSR count). The minimum absolute atomic E-state index is 0.00157. The lowest BCUT2D eigenvalue weighted by Crippen LogP contribution is -2.62. The van der Waals surface area contributed by atoms with Crippen molar-refractivity contribution >= 4 is 5.91 Å². The van der Waals surface area contributed by atoms with Crippen LogP contribution in [0.4, 0.5) is 0 Å². The number of nitrogens with zero attached hydrogens (tertiary/aromatic N) is 2. The van der Waals surface area contributed by atoms with Gasteiger partial charge < -0.3 is 9.64 Å². The van der Waals surface area contributed by atoms with Gasteiger partial charge in [-0.05, 0) is 69.6 Å². The number of amides is 1.